The fourth-order valence-corrected chi connectivity index (χ4v) is 2.88. The topological polar surface area (TPSA) is 119 Å². The van der Waals surface area contributed by atoms with Gasteiger partial charge >= 0.3 is 17.9 Å². The van der Waals surface area contributed by atoms with Crippen LogP contribution in [0.3, 0.4) is 0 Å². The molecule has 0 fully saturated rings. The van der Waals surface area contributed by atoms with Crippen molar-refractivity contribution >= 4 is 40.2 Å². The van der Waals surface area contributed by atoms with Crippen LogP contribution in [-0.2, 0) is 19.1 Å². The lowest BCUT2D eigenvalue weighted by Gasteiger charge is -2.06. The van der Waals surface area contributed by atoms with Gasteiger partial charge in [0.2, 0.25) is 5.91 Å². The smallest absolute Gasteiger partial charge is 0.348 e. The van der Waals surface area contributed by atoms with Crippen molar-refractivity contribution in [3.63, 3.8) is 0 Å². The molecule has 0 atom stereocenters. The van der Waals surface area contributed by atoms with Gasteiger partial charge in [0.15, 0.2) is 0 Å². The first-order valence-electron chi connectivity index (χ1n) is 6.72. The lowest BCUT2D eigenvalue weighted by atomic mass is 10.1. The molecular weight excluding hydrogens is 326 g/mol. The molecule has 0 unspecified atom stereocenters. The minimum atomic E-state index is -1.11. The summed E-state index contributed by atoms with van der Waals surface area (Å²) in [5, 5.41) is 11.2. The average molecular weight is 343 g/mol. The second-order valence-corrected chi connectivity index (χ2v) is 5.43. The molecule has 126 valence electrons. The maximum atomic E-state index is 12.0. The number of ether oxygens (including phenoxy) is 2. The summed E-state index contributed by atoms with van der Waals surface area (Å²) in [6.45, 7) is 3.31. The van der Waals surface area contributed by atoms with Crippen molar-refractivity contribution in [3.05, 3.63) is 16.0 Å². The molecule has 1 amide bonds. The van der Waals surface area contributed by atoms with Crippen molar-refractivity contribution in [2.75, 3.05) is 19.0 Å². The number of carbonyl (C=O) groups is 4. The molecule has 1 heterocycles. The highest BCUT2D eigenvalue weighted by Crippen LogP contribution is 2.34. The molecule has 1 rings (SSSR count). The lowest BCUT2D eigenvalue weighted by Crippen LogP contribution is -2.15. The Bertz CT molecular complexity index is 635. The van der Waals surface area contributed by atoms with Crippen molar-refractivity contribution in [3.8, 4) is 0 Å². The number of aliphatic carboxylic acids is 1. The first-order valence-corrected chi connectivity index (χ1v) is 7.53. The normalized spacial score (nSPS) is 10.0. The average Bonchev–Trinajstić information content (AvgIpc) is 2.81. The second-order valence-electron chi connectivity index (χ2n) is 4.41. The van der Waals surface area contributed by atoms with Crippen LogP contribution >= 0.6 is 11.3 Å². The highest BCUT2D eigenvalue weighted by Gasteiger charge is 2.27. The van der Waals surface area contributed by atoms with Crippen LogP contribution in [0.5, 0.6) is 0 Å². The van der Waals surface area contributed by atoms with Crippen LogP contribution < -0.4 is 5.32 Å². The van der Waals surface area contributed by atoms with Gasteiger partial charge in [-0.15, -0.1) is 11.3 Å². The van der Waals surface area contributed by atoms with Gasteiger partial charge in [0.1, 0.15) is 9.88 Å². The Morgan fingerprint density at radius 1 is 1.17 bits per heavy atom. The maximum Gasteiger partial charge on any atom is 0.348 e. The molecule has 2 N–H and O–H groups in total. The number of amides is 1. The van der Waals surface area contributed by atoms with Gasteiger partial charge in [0, 0.05) is 6.42 Å². The minimum Gasteiger partial charge on any atom is -0.481 e. The molecule has 0 spiro atoms. The Kier molecular flexibility index (Phi) is 6.70. The molecule has 1 aromatic rings. The molecule has 0 aliphatic rings. The van der Waals surface area contributed by atoms with Gasteiger partial charge in [-0.05, 0) is 19.4 Å². The van der Waals surface area contributed by atoms with Crippen molar-refractivity contribution in [2.24, 2.45) is 0 Å². The summed E-state index contributed by atoms with van der Waals surface area (Å²) in [6.07, 6.45) is -0.586. The van der Waals surface area contributed by atoms with E-state index in [0.717, 1.165) is 11.3 Å². The number of thiophene rings is 1. The van der Waals surface area contributed by atoms with Crippen molar-refractivity contribution in [2.45, 2.75) is 26.7 Å². The number of methoxy groups -OCH3 is 1. The molecular formula is C14H17NO7S. The van der Waals surface area contributed by atoms with Gasteiger partial charge < -0.3 is 19.9 Å². The summed E-state index contributed by atoms with van der Waals surface area (Å²) in [4.78, 5) is 46.2. The molecule has 0 saturated carbocycles. The standard InChI is InChI=1S/C14H17NO7S/c1-4-22-13(19)10-7(2)11(14(20)21-3)23-12(10)15-8(16)5-6-9(17)18/h4-6H2,1-3H3,(H,15,16)(H,17,18). The molecule has 9 heteroatoms. The third kappa shape index (κ3) is 4.78. The van der Waals surface area contributed by atoms with E-state index in [4.69, 9.17) is 9.84 Å². The summed E-state index contributed by atoms with van der Waals surface area (Å²) >= 11 is 0.881. The fourth-order valence-electron chi connectivity index (χ4n) is 1.75. The first-order chi connectivity index (χ1) is 10.8. The van der Waals surface area contributed by atoms with Gasteiger partial charge in [-0.25, -0.2) is 9.59 Å². The Hall–Kier alpha value is -2.42. The molecule has 1 aromatic heterocycles. The molecule has 0 aliphatic carbocycles. The van der Waals surface area contributed by atoms with Crippen LogP contribution in [0.15, 0.2) is 0 Å². The number of nitrogens with one attached hydrogen (secondary N) is 1. The zero-order chi connectivity index (χ0) is 17.6. The fraction of sp³-hybridized carbons (Fsp3) is 0.429. The molecule has 0 aromatic carbocycles. The number of anilines is 1. The van der Waals surface area contributed by atoms with Gasteiger partial charge in [-0.3, -0.25) is 9.59 Å². The summed E-state index contributed by atoms with van der Waals surface area (Å²) < 4.78 is 9.56. The van der Waals surface area contributed by atoms with Gasteiger partial charge in [-0.2, -0.15) is 0 Å². The quantitative estimate of drug-likeness (QED) is 0.725. The lowest BCUT2D eigenvalue weighted by molar-refractivity contribution is -0.138. The largest absolute Gasteiger partial charge is 0.481 e. The summed E-state index contributed by atoms with van der Waals surface area (Å²) in [5.74, 6) is -2.99. The first kappa shape index (κ1) is 18.6. The van der Waals surface area contributed by atoms with Crippen molar-refractivity contribution in [1.29, 1.82) is 0 Å². The van der Waals surface area contributed by atoms with Gasteiger partial charge in [0.25, 0.3) is 0 Å². The summed E-state index contributed by atoms with van der Waals surface area (Å²) in [5.41, 5.74) is 0.412. The van der Waals surface area contributed by atoms with E-state index in [1.165, 1.54) is 7.11 Å². The molecule has 23 heavy (non-hydrogen) atoms. The van der Waals surface area contributed by atoms with E-state index in [1.54, 1.807) is 13.8 Å². The van der Waals surface area contributed by atoms with E-state index in [1.807, 2.05) is 0 Å². The van der Waals surface area contributed by atoms with E-state index in [-0.39, 0.29) is 34.9 Å². The van der Waals surface area contributed by atoms with E-state index in [9.17, 15) is 19.2 Å². The van der Waals surface area contributed by atoms with Crippen molar-refractivity contribution < 1.29 is 33.8 Å². The van der Waals surface area contributed by atoms with E-state index in [2.05, 4.69) is 10.1 Å². The van der Waals surface area contributed by atoms with Gasteiger partial charge in [0.05, 0.1) is 25.7 Å². The van der Waals surface area contributed by atoms with Crippen LogP contribution in [0.25, 0.3) is 0 Å². The molecule has 8 nitrogen and oxygen atoms in total. The predicted octanol–water partition coefficient (Wildman–Crippen LogP) is 1.82. The molecule has 0 bridgehead atoms. The highest BCUT2D eigenvalue weighted by atomic mass is 32.1. The second kappa shape index (κ2) is 8.28. The zero-order valence-electron chi connectivity index (χ0n) is 12.9. The number of hydrogen-bond donors (Lipinski definition) is 2. The highest BCUT2D eigenvalue weighted by molar-refractivity contribution is 7.18. The van der Waals surface area contributed by atoms with Gasteiger partial charge in [-0.1, -0.05) is 0 Å². The SMILES string of the molecule is CCOC(=O)c1c(NC(=O)CCC(=O)O)sc(C(=O)OC)c1C. The molecule has 0 saturated heterocycles. The zero-order valence-corrected chi connectivity index (χ0v) is 13.7. The number of esters is 2. The minimum absolute atomic E-state index is 0.0703. The van der Waals surface area contributed by atoms with Crippen LogP contribution in [0.2, 0.25) is 0 Å². The van der Waals surface area contributed by atoms with Crippen LogP contribution in [0, 0.1) is 6.92 Å². The Morgan fingerprint density at radius 2 is 1.83 bits per heavy atom. The number of rotatable bonds is 7. The number of carboxylic acid groups (broad SMARTS) is 1. The third-order valence-electron chi connectivity index (χ3n) is 2.82. The Labute approximate surface area is 136 Å². The summed E-state index contributed by atoms with van der Waals surface area (Å²) in [7, 11) is 1.21. The van der Waals surface area contributed by atoms with E-state index < -0.39 is 23.8 Å². The van der Waals surface area contributed by atoms with Crippen LogP contribution in [-0.4, -0.2) is 42.6 Å². The van der Waals surface area contributed by atoms with Crippen LogP contribution in [0.1, 0.15) is 45.4 Å². The van der Waals surface area contributed by atoms with Crippen LogP contribution in [0.4, 0.5) is 5.00 Å². The Morgan fingerprint density at radius 3 is 2.35 bits per heavy atom. The molecule has 0 radical (unpaired) electrons. The number of hydrogen-bond acceptors (Lipinski definition) is 7. The summed E-state index contributed by atoms with van der Waals surface area (Å²) in [6, 6.07) is 0. The third-order valence-corrected chi connectivity index (χ3v) is 4.00. The molecule has 0 aliphatic heterocycles. The number of carbonyl (C=O) groups excluding carboxylic acids is 3. The monoisotopic (exact) mass is 343 g/mol. The van der Waals surface area contributed by atoms with E-state index in [0.29, 0.717) is 5.56 Å². The number of carboxylic acids is 1. The predicted molar refractivity (Wildman–Crippen MR) is 81.9 cm³/mol. The maximum absolute atomic E-state index is 12.0. The van der Waals surface area contributed by atoms with E-state index >= 15 is 0 Å². The van der Waals surface area contributed by atoms with Crippen molar-refractivity contribution in [1.82, 2.24) is 0 Å². The Balaban J connectivity index is 3.13.